The smallest absolute Gasteiger partial charge is 0.410 e. The maximum Gasteiger partial charge on any atom is 0.410 e. The number of carbonyl (C=O) groups excluding carboxylic acids is 1. The van der Waals surface area contributed by atoms with Gasteiger partial charge in [0.2, 0.25) is 0 Å². The Morgan fingerprint density at radius 1 is 1.10 bits per heavy atom. The monoisotopic (exact) mass is 427 g/mol. The fourth-order valence-corrected chi connectivity index (χ4v) is 3.81. The SMILES string of the molecule is Cc1cc(-c2cnc3ccc(Cl)nn23)ccc1N1CCN(C(=O)OC(C)(C)C)CC1. The second kappa shape index (κ2) is 7.80. The van der Waals surface area contributed by atoms with Crippen molar-refractivity contribution in [2.45, 2.75) is 33.3 Å². The summed E-state index contributed by atoms with van der Waals surface area (Å²) in [7, 11) is 0. The normalized spacial score (nSPS) is 15.0. The number of ether oxygens (including phenoxy) is 1. The largest absolute Gasteiger partial charge is 0.444 e. The van der Waals surface area contributed by atoms with Crippen LogP contribution in [0.25, 0.3) is 16.9 Å². The lowest BCUT2D eigenvalue weighted by molar-refractivity contribution is 0.0240. The van der Waals surface area contributed by atoms with E-state index in [4.69, 9.17) is 16.3 Å². The van der Waals surface area contributed by atoms with E-state index in [1.807, 2.05) is 33.0 Å². The summed E-state index contributed by atoms with van der Waals surface area (Å²) < 4.78 is 7.25. The highest BCUT2D eigenvalue weighted by atomic mass is 35.5. The van der Waals surface area contributed by atoms with Crippen LogP contribution < -0.4 is 4.90 Å². The van der Waals surface area contributed by atoms with Gasteiger partial charge >= 0.3 is 6.09 Å². The third-order valence-electron chi connectivity index (χ3n) is 5.09. The van der Waals surface area contributed by atoms with Gasteiger partial charge in [0.25, 0.3) is 0 Å². The molecule has 0 saturated carbocycles. The Morgan fingerprint density at radius 2 is 1.83 bits per heavy atom. The summed E-state index contributed by atoms with van der Waals surface area (Å²) in [5.41, 5.74) is 4.55. The second-order valence-electron chi connectivity index (χ2n) is 8.53. The van der Waals surface area contributed by atoms with Crippen molar-refractivity contribution < 1.29 is 9.53 Å². The summed E-state index contributed by atoms with van der Waals surface area (Å²) in [6, 6.07) is 9.93. The highest BCUT2D eigenvalue weighted by molar-refractivity contribution is 6.29. The van der Waals surface area contributed by atoms with Gasteiger partial charge in [-0.2, -0.15) is 5.10 Å². The number of hydrogen-bond acceptors (Lipinski definition) is 5. The van der Waals surface area contributed by atoms with Gasteiger partial charge in [-0.15, -0.1) is 0 Å². The molecule has 1 aliphatic rings. The lowest BCUT2D eigenvalue weighted by atomic mass is 10.1. The predicted octanol–water partition coefficient (Wildman–Crippen LogP) is 4.42. The molecule has 3 aromatic rings. The molecule has 0 spiro atoms. The fraction of sp³-hybridized carbons (Fsp3) is 0.409. The molecule has 2 aromatic heterocycles. The van der Waals surface area contributed by atoms with Crippen molar-refractivity contribution in [3.8, 4) is 11.3 Å². The highest BCUT2D eigenvalue weighted by Crippen LogP contribution is 2.28. The number of hydrogen-bond donors (Lipinski definition) is 0. The third kappa shape index (κ3) is 4.21. The van der Waals surface area contributed by atoms with Crippen LogP contribution in [0.1, 0.15) is 26.3 Å². The highest BCUT2D eigenvalue weighted by Gasteiger charge is 2.26. The zero-order valence-corrected chi connectivity index (χ0v) is 18.5. The molecule has 1 amide bonds. The Morgan fingerprint density at radius 3 is 2.50 bits per heavy atom. The van der Waals surface area contributed by atoms with Crippen molar-refractivity contribution in [2.75, 3.05) is 31.1 Å². The van der Waals surface area contributed by atoms with Crippen LogP contribution in [0.2, 0.25) is 5.15 Å². The zero-order valence-electron chi connectivity index (χ0n) is 17.7. The number of halogens is 1. The Kier molecular flexibility index (Phi) is 5.32. The van der Waals surface area contributed by atoms with E-state index in [0.717, 1.165) is 35.6 Å². The second-order valence-corrected chi connectivity index (χ2v) is 8.91. The maximum atomic E-state index is 12.3. The number of aryl methyl sites for hydroxylation is 1. The molecular formula is C22H26ClN5O2. The third-order valence-corrected chi connectivity index (χ3v) is 5.30. The zero-order chi connectivity index (χ0) is 21.5. The molecule has 0 bridgehead atoms. The van der Waals surface area contributed by atoms with Gasteiger partial charge in [-0.05, 0) is 57.5 Å². The van der Waals surface area contributed by atoms with Crippen molar-refractivity contribution in [3.63, 3.8) is 0 Å². The van der Waals surface area contributed by atoms with Gasteiger partial charge in [0.05, 0.1) is 11.9 Å². The molecule has 4 rings (SSSR count). The van der Waals surface area contributed by atoms with Crippen molar-refractivity contribution in [2.24, 2.45) is 0 Å². The van der Waals surface area contributed by atoms with Crippen LogP contribution in [0.15, 0.2) is 36.5 Å². The lowest BCUT2D eigenvalue weighted by Gasteiger charge is -2.37. The van der Waals surface area contributed by atoms with Gasteiger partial charge in [0.15, 0.2) is 5.65 Å². The van der Waals surface area contributed by atoms with Crippen LogP contribution in [0.4, 0.5) is 10.5 Å². The molecule has 1 aliphatic heterocycles. The molecule has 30 heavy (non-hydrogen) atoms. The van der Waals surface area contributed by atoms with Crippen molar-refractivity contribution in [3.05, 3.63) is 47.2 Å². The van der Waals surface area contributed by atoms with Gasteiger partial charge in [0.1, 0.15) is 10.8 Å². The van der Waals surface area contributed by atoms with E-state index in [9.17, 15) is 4.79 Å². The fourth-order valence-electron chi connectivity index (χ4n) is 3.67. The minimum atomic E-state index is -0.475. The van der Waals surface area contributed by atoms with Gasteiger partial charge in [0, 0.05) is 37.4 Å². The molecule has 7 nitrogen and oxygen atoms in total. The summed E-state index contributed by atoms with van der Waals surface area (Å²) in [6.07, 6.45) is 1.57. The van der Waals surface area contributed by atoms with E-state index in [1.54, 1.807) is 15.5 Å². The molecular weight excluding hydrogens is 402 g/mol. The quantitative estimate of drug-likeness (QED) is 0.606. The molecule has 1 aromatic carbocycles. The van der Waals surface area contributed by atoms with Crippen LogP contribution in [-0.2, 0) is 4.74 Å². The molecule has 158 valence electrons. The first kappa shape index (κ1) is 20.5. The van der Waals surface area contributed by atoms with Crippen LogP contribution in [0.5, 0.6) is 0 Å². The number of aromatic nitrogens is 3. The minimum Gasteiger partial charge on any atom is -0.444 e. The van der Waals surface area contributed by atoms with Crippen LogP contribution in [0.3, 0.4) is 0 Å². The molecule has 0 radical (unpaired) electrons. The van der Waals surface area contributed by atoms with Crippen LogP contribution >= 0.6 is 11.6 Å². The van der Waals surface area contributed by atoms with E-state index < -0.39 is 5.60 Å². The lowest BCUT2D eigenvalue weighted by Crippen LogP contribution is -2.50. The first-order valence-electron chi connectivity index (χ1n) is 10.1. The van der Waals surface area contributed by atoms with Gasteiger partial charge in [-0.3, -0.25) is 0 Å². The van der Waals surface area contributed by atoms with E-state index in [1.165, 1.54) is 5.69 Å². The number of amides is 1. The van der Waals surface area contributed by atoms with E-state index >= 15 is 0 Å². The molecule has 3 heterocycles. The van der Waals surface area contributed by atoms with Gasteiger partial charge in [-0.1, -0.05) is 17.7 Å². The molecule has 0 atom stereocenters. The topological polar surface area (TPSA) is 63.0 Å². The maximum absolute atomic E-state index is 12.3. The standard InChI is InChI=1S/C22H26ClN5O2/c1-15-13-16(18-14-24-20-8-7-19(23)25-28(18)20)5-6-17(15)26-9-11-27(12-10-26)21(29)30-22(2,3)4/h5-8,13-14H,9-12H2,1-4H3. The number of nitrogens with zero attached hydrogens (tertiary/aromatic N) is 5. The summed E-state index contributed by atoms with van der Waals surface area (Å²) >= 11 is 6.06. The van der Waals surface area contributed by atoms with Gasteiger partial charge in [-0.25, -0.2) is 14.3 Å². The van der Waals surface area contributed by atoms with Crippen molar-refractivity contribution in [1.29, 1.82) is 0 Å². The van der Waals surface area contributed by atoms with Gasteiger partial charge < -0.3 is 14.5 Å². The number of anilines is 1. The van der Waals surface area contributed by atoms with E-state index in [0.29, 0.717) is 18.2 Å². The molecule has 0 aliphatic carbocycles. The Bertz CT molecular complexity index is 1080. The average molecular weight is 428 g/mol. The summed E-state index contributed by atoms with van der Waals surface area (Å²) in [6.45, 7) is 10.6. The van der Waals surface area contributed by atoms with E-state index in [2.05, 4.69) is 40.1 Å². The number of benzene rings is 1. The molecule has 8 heteroatoms. The van der Waals surface area contributed by atoms with Crippen LogP contribution in [-0.4, -0.2) is 57.4 Å². The summed E-state index contributed by atoms with van der Waals surface area (Å²) in [5.74, 6) is 0. The van der Waals surface area contributed by atoms with Crippen LogP contribution in [0, 0.1) is 6.92 Å². The Labute approximate surface area is 181 Å². The number of carbonyl (C=O) groups is 1. The van der Waals surface area contributed by atoms with Crippen molar-refractivity contribution >= 4 is 29.0 Å². The Balaban J connectivity index is 1.49. The predicted molar refractivity (Wildman–Crippen MR) is 118 cm³/mol. The number of piperazine rings is 1. The molecule has 0 unspecified atom stereocenters. The summed E-state index contributed by atoms with van der Waals surface area (Å²) in [4.78, 5) is 20.8. The van der Waals surface area contributed by atoms with E-state index in [-0.39, 0.29) is 6.09 Å². The first-order valence-corrected chi connectivity index (χ1v) is 10.4. The molecule has 1 saturated heterocycles. The molecule has 1 fully saturated rings. The minimum absolute atomic E-state index is 0.243. The number of rotatable bonds is 2. The average Bonchev–Trinajstić information content (AvgIpc) is 3.10. The first-order chi connectivity index (χ1) is 14.2. The number of imidazole rings is 1. The Hall–Kier alpha value is -2.80. The summed E-state index contributed by atoms with van der Waals surface area (Å²) in [5, 5.41) is 4.79. The number of fused-ring (bicyclic) bond motifs is 1. The molecule has 0 N–H and O–H groups in total. The van der Waals surface area contributed by atoms with Crippen molar-refractivity contribution in [1.82, 2.24) is 19.5 Å².